The molecule has 2 aromatic carbocycles. The Balaban J connectivity index is 1.01. The number of benzene rings is 2. The number of sulfone groups is 1. The molecule has 4 N–H and O–H groups in total. The molecule has 422 valence electrons. The molecular weight excluding hydrogens is 1030 g/mol. The first kappa shape index (κ1) is 62.5. The van der Waals surface area contributed by atoms with E-state index >= 15 is 0 Å². The molecule has 19 heteroatoms. The van der Waals surface area contributed by atoms with E-state index in [1.807, 2.05) is 26.2 Å². The Hall–Kier alpha value is -5.31. The minimum atomic E-state index is -3.96. The fraction of sp³-hybridized carbons (Fsp3) is 0.569. The molecule has 3 fully saturated rings. The number of aliphatic hydroxyl groups is 1. The lowest BCUT2D eigenvalue weighted by Crippen LogP contribution is -2.50. The summed E-state index contributed by atoms with van der Waals surface area (Å²) >= 11 is 1.45. The first-order chi connectivity index (χ1) is 36.6. The van der Waals surface area contributed by atoms with Gasteiger partial charge in [-0.3, -0.25) is 33.6 Å². The highest BCUT2D eigenvalue weighted by molar-refractivity contribution is 7.99. The first-order valence-corrected chi connectivity index (χ1v) is 29.8. The number of carbonyl (C=O) groups excluding carboxylic acids is 7. The molecule has 0 aromatic heterocycles. The minimum absolute atomic E-state index is 0.000735. The van der Waals surface area contributed by atoms with Gasteiger partial charge in [0.1, 0.15) is 41.2 Å². The third-order valence-electron chi connectivity index (χ3n) is 14.0. The van der Waals surface area contributed by atoms with Crippen molar-refractivity contribution in [1.82, 2.24) is 16.0 Å². The summed E-state index contributed by atoms with van der Waals surface area (Å²) in [5.41, 5.74) is 2.38. The third-order valence-corrected chi connectivity index (χ3v) is 16.3. The fourth-order valence-electron chi connectivity index (χ4n) is 9.56. The van der Waals surface area contributed by atoms with E-state index in [4.69, 9.17) is 18.9 Å². The number of aliphatic hydroxyl groups excluding tert-OH is 1. The minimum Gasteiger partial charge on any atom is -0.459 e. The van der Waals surface area contributed by atoms with Crippen LogP contribution in [0.1, 0.15) is 116 Å². The molecule has 17 nitrogen and oxygen atoms in total. The van der Waals surface area contributed by atoms with Gasteiger partial charge in [-0.15, -0.1) is 0 Å². The van der Waals surface area contributed by atoms with E-state index in [-0.39, 0.29) is 103 Å². The van der Waals surface area contributed by atoms with Crippen molar-refractivity contribution in [3.8, 4) is 0 Å². The molecule has 3 saturated heterocycles. The van der Waals surface area contributed by atoms with Crippen LogP contribution in [-0.4, -0.2) is 140 Å². The van der Waals surface area contributed by atoms with Gasteiger partial charge in [0.25, 0.3) is 0 Å². The third kappa shape index (κ3) is 21.5. The van der Waals surface area contributed by atoms with Crippen LogP contribution in [0.25, 0.3) is 0 Å². The first-order valence-electron chi connectivity index (χ1n) is 26.7. The molecule has 0 radical (unpaired) electrons. The zero-order valence-corrected chi connectivity index (χ0v) is 47.1. The maximum absolute atomic E-state index is 13.3. The van der Waals surface area contributed by atoms with E-state index in [1.165, 1.54) is 43.0 Å². The average Bonchev–Trinajstić information content (AvgIpc) is 4.19. The second kappa shape index (κ2) is 30.7. The molecular formula is C58H79N3O14S2. The number of nitrogens with one attached hydrogen (secondary N) is 3. The van der Waals surface area contributed by atoms with Gasteiger partial charge >= 0.3 is 5.97 Å². The van der Waals surface area contributed by atoms with Gasteiger partial charge in [0.05, 0.1) is 48.2 Å². The van der Waals surface area contributed by atoms with Crippen molar-refractivity contribution >= 4 is 62.6 Å². The van der Waals surface area contributed by atoms with Crippen molar-refractivity contribution < 1.29 is 66.0 Å². The molecule has 5 rings (SSSR count). The van der Waals surface area contributed by atoms with Gasteiger partial charge < -0.3 is 40.0 Å². The number of unbranched alkanes of at least 4 members (excludes halogenated alkanes) is 2. The van der Waals surface area contributed by atoms with Gasteiger partial charge in [0.2, 0.25) is 17.7 Å². The number of amides is 3. The Morgan fingerprint density at radius 1 is 0.870 bits per heavy atom. The summed E-state index contributed by atoms with van der Waals surface area (Å²) in [5.74, 6) is -1.76. The van der Waals surface area contributed by atoms with Crippen molar-refractivity contribution in [2.24, 2.45) is 5.92 Å². The van der Waals surface area contributed by atoms with Gasteiger partial charge in [-0.25, -0.2) is 8.42 Å². The van der Waals surface area contributed by atoms with Crippen molar-refractivity contribution in [3.63, 3.8) is 0 Å². The van der Waals surface area contributed by atoms with Crippen LogP contribution in [0.4, 0.5) is 0 Å². The highest BCUT2D eigenvalue weighted by atomic mass is 32.2. The van der Waals surface area contributed by atoms with Crippen LogP contribution in [0.3, 0.4) is 0 Å². The lowest BCUT2D eigenvalue weighted by atomic mass is 9.86. The number of ketones is 3. The summed E-state index contributed by atoms with van der Waals surface area (Å²) in [7, 11) is -3.96. The molecule has 0 aliphatic carbocycles. The zero-order valence-electron chi connectivity index (χ0n) is 45.4. The number of hydrogen-bond acceptors (Lipinski definition) is 15. The number of rotatable bonds is 31. The summed E-state index contributed by atoms with van der Waals surface area (Å²) in [6, 6.07) is 13.2. The lowest BCUT2D eigenvalue weighted by molar-refractivity contribution is -0.144. The van der Waals surface area contributed by atoms with Crippen LogP contribution >= 0.6 is 11.8 Å². The number of ether oxygens (including phenoxy) is 4. The Bertz CT molecular complexity index is 2560. The number of allylic oxidation sites excluding steroid dienone is 2. The molecule has 3 aliphatic rings. The molecule has 0 unspecified atom stereocenters. The molecule has 0 bridgehead atoms. The second-order valence-corrected chi connectivity index (χ2v) is 23.5. The van der Waals surface area contributed by atoms with E-state index < -0.39 is 57.4 Å². The molecule has 9 atom stereocenters. The SMILES string of the molecule is CSCC(=O)NCCCCCC(=O)NCC(=O)Cc1ccccc1CCC(=O)CS(=O)(=O)c1ccc(CCC(=O)C[C@@H]2C[C@@]3(CO3)[C@H](O)[C@@H](/C=C/C(C)=C/C[C@@H]3O[C@H](C)[C@H](NC(=O)/C=C\[C@H](C)OC(C)=O)C[C@@H]3C)O2)cc1. The number of thioether (sulfide) groups is 1. The highest BCUT2D eigenvalue weighted by Gasteiger charge is 2.58. The number of carbonyl (C=O) groups is 7. The van der Waals surface area contributed by atoms with Gasteiger partial charge in [0, 0.05) is 58.1 Å². The van der Waals surface area contributed by atoms with E-state index in [0.717, 1.165) is 36.0 Å². The topological polar surface area (TPSA) is 250 Å². The molecule has 1 spiro atoms. The van der Waals surface area contributed by atoms with Crippen LogP contribution in [0.15, 0.2) is 89.4 Å². The van der Waals surface area contributed by atoms with Crippen LogP contribution in [0.5, 0.6) is 0 Å². The lowest BCUT2D eigenvalue weighted by Gasteiger charge is -2.39. The van der Waals surface area contributed by atoms with E-state index in [1.54, 1.807) is 49.4 Å². The van der Waals surface area contributed by atoms with Gasteiger partial charge in [-0.05, 0) is 106 Å². The summed E-state index contributed by atoms with van der Waals surface area (Å²) in [6.45, 7) is 9.77. The fourth-order valence-corrected chi connectivity index (χ4v) is 11.2. The largest absolute Gasteiger partial charge is 0.459 e. The highest BCUT2D eigenvalue weighted by Crippen LogP contribution is 2.43. The molecule has 2 aromatic rings. The smallest absolute Gasteiger partial charge is 0.303 e. The van der Waals surface area contributed by atoms with Crippen molar-refractivity contribution in [1.29, 1.82) is 0 Å². The number of epoxide rings is 1. The van der Waals surface area contributed by atoms with Gasteiger partial charge in [0.15, 0.2) is 15.6 Å². The molecule has 0 saturated carbocycles. The van der Waals surface area contributed by atoms with Crippen LogP contribution in [0, 0.1) is 5.92 Å². The van der Waals surface area contributed by atoms with Crippen molar-refractivity contribution in [2.45, 2.75) is 171 Å². The Labute approximate surface area is 458 Å². The normalized spacial score (nSPS) is 23.8. The number of Topliss-reactive ketones (excluding diaryl/α,β-unsaturated/α-hetero) is 3. The zero-order chi connectivity index (χ0) is 56.1. The van der Waals surface area contributed by atoms with Crippen LogP contribution in [0.2, 0.25) is 0 Å². The summed E-state index contributed by atoms with van der Waals surface area (Å²) < 4.78 is 50.0. The summed E-state index contributed by atoms with van der Waals surface area (Å²) in [6.07, 6.45) is 12.8. The van der Waals surface area contributed by atoms with Crippen molar-refractivity contribution in [3.05, 3.63) is 101 Å². The summed E-state index contributed by atoms with van der Waals surface area (Å²) in [5, 5.41) is 19.7. The number of hydrogen-bond donors (Lipinski definition) is 4. The van der Waals surface area contributed by atoms with E-state index in [2.05, 4.69) is 29.0 Å². The Kier molecular flexibility index (Phi) is 25.0. The molecule has 77 heavy (non-hydrogen) atoms. The quantitative estimate of drug-likeness (QED) is 0.0229. The van der Waals surface area contributed by atoms with E-state index in [0.29, 0.717) is 50.2 Å². The van der Waals surface area contributed by atoms with Gasteiger partial charge in [-0.1, -0.05) is 73.5 Å². The monoisotopic (exact) mass is 1110 g/mol. The van der Waals surface area contributed by atoms with E-state index in [9.17, 15) is 47.1 Å². The molecule has 3 aliphatic heterocycles. The second-order valence-electron chi connectivity index (χ2n) is 20.7. The maximum Gasteiger partial charge on any atom is 0.303 e. The average molecular weight is 1110 g/mol. The Morgan fingerprint density at radius 2 is 1.58 bits per heavy atom. The predicted molar refractivity (Wildman–Crippen MR) is 294 cm³/mol. The number of aryl methyl sites for hydroxylation is 2. The van der Waals surface area contributed by atoms with Crippen LogP contribution < -0.4 is 16.0 Å². The Morgan fingerprint density at radius 3 is 2.29 bits per heavy atom. The van der Waals surface area contributed by atoms with Gasteiger partial charge in [-0.2, -0.15) is 11.8 Å². The predicted octanol–water partition coefficient (Wildman–Crippen LogP) is 5.81. The number of esters is 1. The van der Waals surface area contributed by atoms with Crippen LogP contribution in [-0.2, 0) is 81.6 Å². The maximum atomic E-state index is 13.3. The van der Waals surface area contributed by atoms with Crippen molar-refractivity contribution in [2.75, 3.05) is 37.5 Å². The molecule has 3 amide bonds. The standard InChI is InChI=1S/C58H79N3O14S2/c1-38(15-26-52-39(2)30-51(41(4)74-52)61-55(67)28-17-40(3)73-42(5)62)16-27-53-57(69)58(37-72-58)33-49(75-53)32-46(63)22-18-43-19-24-50(25-20-43)77(70,71)36-47(64)23-21-44-12-9-10-13-45(44)31-48(65)34-60-54(66)14-8-7-11-29-59-56(68)35-76-6/h9-10,12-13,15-17,19-20,24-25,27-28,39-41,49,51-53,57,69H,7-8,11,14,18,21-23,26,29-37H2,1-6H3,(H,59,68)(H,60,66)(H,61,67)/b27-16+,28-17-,38-15+/t39-,40-,41+,49+,51+,52-,53+,57+,58+/m0/s1. The molecule has 3 heterocycles. The summed E-state index contributed by atoms with van der Waals surface area (Å²) in [4.78, 5) is 86.7.